The number of likely N-dealkylation sites (N-methyl/N-ethyl adjacent to an activating group) is 1. The van der Waals surface area contributed by atoms with E-state index >= 15 is 0 Å². The molecule has 1 aliphatic heterocycles. The summed E-state index contributed by atoms with van der Waals surface area (Å²) in [4.78, 5) is 24.6. The summed E-state index contributed by atoms with van der Waals surface area (Å²) in [6.07, 6.45) is 1.09. The SMILES string of the molecule is Cc1ccc2c(c1)C(=O)N(C)C(C(=O)O)CC2. The highest BCUT2D eigenvalue weighted by molar-refractivity contribution is 5.98. The molecule has 0 fully saturated rings. The topological polar surface area (TPSA) is 57.6 Å². The van der Waals surface area contributed by atoms with Crippen LogP contribution < -0.4 is 0 Å². The average Bonchev–Trinajstić information content (AvgIpc) is 2.39. The third-order valence-electron chi connectivity index (χ3n) is 3.26. The van der Waals surface area contributed by atoms with Gasteiger partial charge in [-0.25, -0.2) is 4.79 Å². The van der Waals surface area contributed by atoms with E-state index in [1.54, 1.807) is 7.05 Å². The number of aryl methyl sites for hydroxylation is 2. The van der Waals surface area contributed by atoms with Gasteiger partial charge in [-0.15, -0.1) is 0 Å². The zero-order valence-electron chi connectivity index (χ0n) is 9.93. The third-order valence-corrected chi connectivity index (χ3v) is 3.26. The summed E-state index contributed by atoms with van der Waals surface area (Å²) in [5, 5.41) is 9.09. The van der Waals surface area contributed by atoms with Gasteiger partial charge in [0.1, 0.15) is 6.04 Å². The molecular weight excluding hydrogens is 218 g/mol. The van der Waals surface area contributed by atoms with Crippen LogP contribution in [0.5, 0.6) is 0 Å². The number of carbonyl (C=O) groups excluding carboxylic acids is 1. The Bertz CT molecular complexity index is 482. The fraction of sp³-hybridized carbons (Fsp3) is 0.385. The van der Waals surface area contributed by atoms with E-state index in [0.717, 1.165) is 11.1 Å². The van der Waals surface area contributed by atoms with Crippen LogP contribution in [-0.4, -0.2) is 35.0 Å². The van der Waals surface area contributed by atoms with E-state index in [2.05, 4.69) is 0 Å². The van der Waals surface area contributed by atoms with Gasteiger partial charge in [0.15, 0.2) is 0 Å². The van der Waals surface area contributed by atoms with Crippen molar-refractivity contribution in [2.75, 3.05) is 7.05 Å². The molecule has 0 bridgehead atoms. The second kappa shape index (κ2) is 4.20. The molecule has 1 unspecified atom stereocenters. The van der Waals surface area contributed by atoms with Gasteiger partial charge in [0, 0.05) is 12.6 Å². The zero-order chi connectivity index (χ0) is 12.6. The van der Waals surface area contributed by atoms with Gasteiger partial charge < -0.3 is 10.0 Å². The molecule has 1 atom stereocenters. The molecule has 0 saturated carbocycles. The molecule has 1 aromatic rings. The minimum Gasteiger partial charge on any atom is -0.480 e. The molecule has 0 saturated heterocycles. The maximum Gasteiger partial charge on any atom is 0.326 e. The fourth-order valence-electron chi connectivity index (χ4n) is 2.21. The lowest BCUT2D eigenvalue weighted by Crippen LogP contribution is -2.41. The van der Waals surface area contributed by atoms with Crippen molar-refractivity contribution in [3.8, 4) is 0 Å². The predicted molar refractivity (Wildman–Crippen MR) is 63.0 cm³/mol. The standard InChI is InChI=1S/C13H15NO3/c1-8-3-4-9-5-6-11(13(16)17)14(2)12(15)10(9)7-8/h3-4,7,11H,5-6H2,1-2H3,(H,16,17). The molecule has 0 spiro atoms. The second-order valence-electron chi connectivity index (χ2n) is 4.47. The molecule has 0 aliphatic carbocycles. The summed E-state index contributed by atoms with van der Waals surface area (Å²) >= 11 is 0. The van der Waals surface area contributed by atoms with Crippen LogP contribution in [0.15, 0.2) is 18.2 Å². The number of carboxylic acid groups (broad SMARTS) is 1. The minimum absolute atomic E-state index is 0.200. The summed E-state index contributed by atoms with van der Waals surface area (Å²) in [6.45, 7) is 1.92. The van der Waals surface area contributed by atoms with Crippen molar-refractivity contribution in [1.82, 2.24) is 4.90 Å². The van der Waals surface area contributed by atoms with Gasteiger partial charge in [-0.05, 0) is 31.4 Å². The van der Waals surface area contributed by atoms with Crippen molar-refractivity contribution in [1.29, 1.82) is 0 Å². The molecule has 1 N–H and O–H groups in total. The molecular formula is C13H15NO3. The van der Waals surface area contributed by atoms with E-state index in [-0.39, 0.29) is 5.91 Å². The molecule has 0 aromatic heterocycles. The molecule has 90 valence electrons. The number of carbonyl (C=O) groups is 2. The number of benzene rings is 1. The summed E-state index contributed by atoms with van der Waals surface area (Å²) in [7, 11) is 1.55. The van der Waals surface area contributed by atoms with Crippen LogP contribution in [0.2, 0.25) is 0 Å². The van der Waals surface area contributed by atoms with Crippen LogP contribution in [-0.2, 0) is 11.2 Å². The lowest BCUT2D eigenvalue weighted by atomic mass is 10.0. The Morgan fingerprint density at radius 3 is 2.82 bits per heavy atom. The lowest BCUT2D eigenvalue weighted by molar-refractivity contribution is -0.142. The monoisotopic (exact) mass is 233 g/mol. The first-order valence-electron chi connectivity index (χ1n) is 5.60. The Morgan fingerprint density at radius 1 is 1.47 bits per heavy atom. The number of hydrogen-bond donors (Lipinski definition) is 1. The maximum absolute atomic E-state index is 12.2. The minimum atomic E-state index is -0.939. The van der Waals surface area contributed by atoms with E-state index < -0.39 is 12.0 Å². The van der Waals surface area contributed by atoms with Gasteiger partial charge >= 0.3 is 5.97 Å². The molecule has 4 nitrogen and oxygen atoms in total. The fourth-order valence-corrected chi connectivity index (χ4v) is 2.21. The first-order chi connectivity index (χ1) is 8.00. The van der Waals surface area contributed by atoms with Crippen LogP contribution in [0.4, 0.5) is 0 Å². The van der Waals surface area contributed by atoms with Gasteiger partial charge in [-0.2, -0.15) is 0 Å². The summed E-state index contributed by atoms with van der Waals surface area (Å²) in [6, 6.07) is 4.97. The van der Waals surface area contributed by atoms with Crippen molar-refractivity contribution in [3.05, 3.63) is 34.9 Å². The Balaban J connectivity index is 2.44. The van der Waals surface area contributed by atoms with E-state index in [1.165, 1.54) is 4.90 Å². The lowest BCUT2D eigenvalue weighted by Gasteiger charge is -2.22. The highest BCUT2D eigenvalue weighted by Crippen LogP contribution is 2.22. The Hall–Kier alpha value is -1.84. The summed E-state index contributed by atoms with van der Waals surface area (Å²) in [5.74, 6) is -1.14. The summed E-state index contributed by atoms with van der Waals surface area (Å²) in [5.41, 5.74) is 2.59. The van der Waals surface area contributed by atoms with Crippen molar-refractivity contribution in [2.24, 2.45) is 0 Å². The second-order valence-corrected chi connectivity index (χ2v) is 4.47. The van der Waals surface area contributed by atoms with Crippen LogP contribution in [0.1, 0.15) is 27.9 Å². The van der Waals surface area contributed by atoms with E-state index in [4.69, 9.17) is 5.11 Å². The highest BCUT2D eigenvalue weighted by atomic mass is 16.4. The first-order valence-corrected chi connectivity index (χ1v) is 5.60. The van der Waals surface area contributed by atoms with Gasteiger partial charge in [-0.3, -0.25) is 4.79 Å². The number of rotatable bonds is 1. The van der Waals surface area contributed by atoms with E-state index in [0.29, 0.717) is 18.4 Å². The van der Waals surface area contributed by atoms with Crippen molar-refractivity contribution >= 4 is 11.9 Å². The molecule has 1 heterocycles. The van der Waals surface area contributed by atoms with Crippen LogP contribution in [0.3, 0.4) is 0 Å². The van der Waals surface area contributed by atoms with E-state index in [1.807, 2.05) is 25.1 Å². The molecule has 4 heteroatoms. The molecule has 0 radical (unpaired) electrons. The van der Waals surface area contributed by atoms with Gasteiger partial charge in [0.2, 0.25) is 0 Å². The van der Waals surface area contributed by atoms with Gasteiger partial charge in [0.25, 0.3) is 5.91 Å². The quantitative estimate of drug-likeness (QED) is 0.799. The number of hydrogen-bond acceptors (Lipinski definition) is 2. The zero-order valence-corrected chi connectivity index (χ0v) is 9.93. The van der Waals surface area contributed by atoms with Crippen molar-refractivity contribution < 1.29 is 14.7 Å². The molecule has 2 rings (SSSR count). The first kappa shape index (κ1) is 11.6. The number of amides is 1. The smallest absolute Gasteiger partial charge is 0.326 e. The maximum atomic E-state index is 12.2. The Labute approximate surface area is 99.9 Å². The summed E-state index contributed by atoms with van der Waals surface area (Å²) < 4.78 is 0. The normalized spacial score (nSPS) is 19.8. The Kier molecular flexibility index (Phi) is 2.88. The molecule has 1 aliphatic rings. The average molecular weight is 233 g/mol. The molecule has 1 aromatic carbocycles. The molecule has 17 heavy (non-hydrogen) atoms. The number of carboxylic acids is 1. The van der Waals surface area contributed by atoms with Crippen LogP contribution >= 0.6 is 0 Å². The van der Waals surface area contributed by atoms with Gasteiger partial charge in [-0.1, -0.05) is 17.7 Å². The predicted octanol–water partition coefficient (Wildman–Crippen LogP) is 1.47. The van der Waals surface area contributed by atoms with Crippen molar-refractivity contribution in [2.45, 2.75) is 25.8 Å². The number of fused-ring (bicyclic) bond motifs is 1. The van der Waals surface area contributed by atoms with Crippen molar-refractivity contribution in [3.63, 3.8) is 0 Å². The highest BCUT2D eigenvalue weighted by Gasteiger charge is 2.31. The van der Waals surface area contributed by atoms with E-state index in [9.17, 15) is 9.59 Å². The number of aliphatic carboxylic acids is 1. The largest absolute Gasteiger partial charge is 0.480 e. The van der Waals surface area contributed by atoms with Crippen LogP contribution in [0, 0.1) is 6.92 Å². The third kappa shape index (κ3) is 2.02. The Morgan fingerprint density at radius 2 is 2.18 bits per heavy atom. The molecule has 1 amide bonds. The number of nitrogens with zero attached hydrogens (tertiary/aromatic N) is 1. The van der Waals surface area contributed by atoms with Crippen LogP contribution in [0.25, 0.3) is 0 Å². The van der Waals surface area contributed by atoms with Gasteiger partial charge in [0.05, 0.1) is 0 Å².